The standard InChI is InChI=1S/C23H16ClNO4/c1-28-18-9-4-14(5-10-18)22-13-20(19-12-16(24)6-11-21(19)29-22)25-17-7-2-15(3-8-17)23(26)27/h2-13H,1H3,(H,26,27)/p-1. The van der Waals surface area contributed by atoms with Gasteiger partial charge in [0.2, 0.25) is 0 Å². The van der Waals surface area contributed by atoms with E-state index in [0.717, 1.165) is 16.7 Å². The van der Waals surface area contributed by atoms with Crippen molar-refractivity contribution in [3.63, 3.8) is 0 Å². The zero-order valence-electron chi connectivity index (χ0n) is 15.4. The summed E-state index contributed by atoms with van der Waals surface area (Å²) in [5.41, 5.74) is 2.20. The molecule has 0 aliphatic carbocycles. The minimum Gasteiger partial charge on any atom is -0.545 e. The summed E-state index contributed by atoms with van der Waals surface area (Å²) in [4.78, 5) is 15.6. The van der Waals surface area contributed by atoms with Crippen LogP contribution in [0.25, 0.3) is 22.3 Å². The third kappa shape index (κ3) is 4.00. The number of hydrogen-bond donors (Lipinski definition) is 0. The maximum atomic E-state index is 11.0. The van der Waals surface area contributed by atoms with Crippen LogP contribution in [0.5, 0.6) is 5.75 Å². The topological polar surface area (TPSA) is 74.9 Å². The SMILES string of the molecule is COc1ccc(-c2cc(=Nc3ccc(C(=O)[O-])cc3)c3cc(Cl)ccc3o2)cc1. The van der Waals surface area contributed by atoms with Crippen LogP contribution in [0.3, 0.4) is 0 Å². The first-order valence-corrected chi connectivity index (χ1v) is 9.15. The summed E-state index contributed by atoms with van der Waals surface area (Å²) < 4.78 is 11.3. The Morgan fingerprint density at radius 2 is 1.72 bits per heavy atom. The van der Waals surface area contributed by atoms with Crippen molar-refractivity contribution in [2.45, 2.75) is 0 Å². The van der Waals surface area contributed by atoms with Crippen molar-refractivity contribution in [1.29, 1.82) is 0 Å². The smallest absolute Gasteiger partial charge is 0.136 e. The van der Waals surface area contributed by atoms with Crippen molar-refractivity contribution in [1.82, 2.24) is 0 Å². The molecule has 0 unspecified atom stereocenters. The summed E-state index contributed by atoms with van der Waals surface area (Å²) >= 11 is 6.17. The lowest BCUT2D eigenvalue weighted by molar-refractivity contribution is -0.255. The summed E-state index contributed by atoms with van der Waals surface area (Å²) in [5.74, 6) is 0.154. The van der Waals surface area contributed by atoms with Gasteiger partial charge in [-0.2, -0.15) is 0 Å². The lowest BCUT2D eigenvalue weighted by Gasteiger charge is -2.07. The van der Waals surface area contributed by atoms with Crippen LogP contribution in [-0.4, -0.2) is 13.1 Å². The van der Waals surface area contributed by atoms with E-state index >= 15 is 0 Å². The van der Waals surface area contributed by atoms with Gasteiger partial charge < -0.3 is 19.1 Å². The van der Waals surface area contributed by atoms with Crippen molar-refractivity contribution in [3.8, 4) is 17.1 Å². The molecule has 4 rings (SSSR count). The zero-order valence-corrected chi connectivity index (χ0v) is 16.1. The van der Waals surface area contributed by atoms with Crippen LogP contribution in [0, 0.1) is 0 Å². The van der Waals surface area contributed by atoms with Gasteiger partial charge in [0.05, 0.1) is 24.1 Å². The third-order valence-electron chi connectivity index (χ3n) is 4.43. The molecule has 0 saturated carbocycles. The molecule has 1 aromatic heterocycles. The van der Waals surface area contributed by atoms with Gasteiger partial charge in [-0.1, -0.05) is 23.7 Å². The Balaban J connectivity index is 1.90. The van der Waals surface area contributed by atoms with E-state index in [2.05, 4.69) is 4.99 Å². The molecule has 0 fully saturated rings. The molecule has 144 valence electrons. The molecule has 4 aromatic rings. The molecule has 0 aliphatic heterocycles. The molecule has 0 saturated heterocycles. The molecule has 29 heavy (non-hydrogen) atoms. The Kier molecular flexibility index (Phi) is 5.06. The van der Waals surface area contributed by atoms with Gasteiger partial charge in [0.1, 0.15) is 17.1 Å². The molecule has 0 aliphatic rings. The van der Waals surface area contributed by atoms with Gasteiger partial charge in [-0.3, -0.25) is 0 Å². The summed E-state index contributed by atoms with van der Waals surface area (Å²) in [6, 6.07) is 20.8. The average molecular weight is 405 g/mol. The highest BCUT2D eigenvalue weighted by Crippen LogP contribution is 2.26. The summed E-state index contributed by atoms with van der Waals surface area (Å²) in [6.45, 7) is 0. The van der Waals surface area contributed by atoms with Crippen LogP contribution < -0.4 is 15.2 Å². The fourth-order valence-corrected chi connectivity index (χ4v) is 3.11. The average Bonchev–Trinajstić information content (AvgIpc) is 2.74. The molecule has 0 spiro atoms. The third-order valence-corrected chi connectivity index (χ3v) is 4.67. The van der Waals surface area contributed by atoms with Gasteiger partial charge in [-0.25, -0.2) is 4.99 Å². The predicted molar refractivity (Wildman–Crippen MR) is 109 cm³/mol. The number of methoxy groups -OCH3 is 1. The largest absolute Gasteiger partial charge is 0.545 e. The molecule has 0 atom stereocenters. The normalized spacial score (nSPS) is 11.6. The predicted octanol–water partition coefficient (Wildman–Crippen LogP) is 4.36. The maximum absolute atomic E-state index is 11.0. The monoisotopic (exact) mass is 404 g/mol. The van der Waals surface area contributed by atoms with E-state index in [4.69, 9.17) is 20.8 Å². The first-order valence-electron chi connectivity index (χ1n) is 8.77. The van der Waals surface area contributed by atoms with Crippen LogP contribution in [0.1, 0.15) is 10.4 Å². The first kappa shape index (κ1) is 18.8. The fraction of sp³-hybridized carbons (Fsp3) is 0.0435. The van der Waals surface area contributed by atoms with Crippen molar-refractivity contribution in [2.24, 2.45) is 4.99 Å². The lowest BCUT2D eigenvalue weighted by atomic mass is 10.1. The number of nitrogens with zero attached hydrogens (tertiary/aromatic N) is 1. The molecule has 0 N–H and O–H groups in total. The Bertz CT molecular complexity index is 1260. The Morgan fingerprint density at radius 1 is 1.00 bits per heavy atom. The molecule has 3 aromatic carbocycles. The van der Waals surface area contributed by atoms with E-state index in [1.165, 1.54) is 12.1 Å². The van der Waals surface area contributed by atoms with Gasteiger partial charge in [-0.05, 0) is 60.2 Å². The van der Waals surface area contributed by atoms with Crippen LogP contribution in [0.4, 0.5) is 5.69 Å². The maximum Gasteiger partial charge on any atom is 0.136 e. The minimum absolute atomic E-state index is 0.0961. The lowest BCUT2D eigenvalue weighted by Crippen LogP contribution is -2.21. The van der Waals surface area contributed by atoms with Crippen molar-refractivity contribution in [3.05, 3.63) is 88.7 Å². The number of aromatic carboxylic acids is 1. The minimum atomic E-state index is -1.23. The Hall–Kier alpha value is -3.57. The number of fused-ring (bicyclic) bond motifs is 1. The number of rotatable bonds is 4. The zero-order chi connectivity index (χ0) is 20.4. The fourth-order valence-electron chi connectivity index (χ4n) is 2.94. The van der Waals surface area contributed by atoms with Gasteiger partial charge in [-0.15, -0.1) is 0 Å². The number of ether oxygens (including phenoxy) is 1. The molecule has 0 amide bonds. The van der Waals surface area contributed by atoms with E-state index < -0.39 is 5.97 Å². The number of benzene rings is 3. The number of carboxylic acid groups (broad SMARTS) is 1. The Morgan fingerprint density at radius 3 is 2.38 bits per heavy atom. The highest BCUT2D eigenvalue weighted by atomic mass is 35.5. The number of carbonyl (C=O) groups excluding carboxylic acids is 1. The van der Waals surface area contributed by atoms with Crippen molar-refractivity contribution in [2.75, 3.05) is 7.11 Å². The van der Waals surface area contributed by atoms with Crippen LogP contribution in [0.15, 0.2) is 82.2 Å². The van der Waals surface area contributed by atoms with E-state index in [9.17, 15) is 9.90 Å². The summed E-state index contributed by atoms with van der Waals surface area (Å²) in [7, 11) is 1.61. The second kappa shape index (κ2) is 7.81. The van der Waals surface area contributed by atoms with Gasteiger partial charge in [0, 0.05) is 22.0 Å². The van der Waals surface area contributed by atoms with E-state index in [1.54, 1.807) is 37.4 Å². The van der Waals surface area contributed by atoms with Crippen LogP contribution in [0.2, 0.25) is 5.02 Å². The molecule has 0 bridgehead atoms. The molecule has 6 heteroatoms. The first-order chi connectivity index (χ1) is 14.0. The highest BCUT2D eigenvalue weighted by Gasteiger charge is 2.07. The quantitative estimate of drug-likeness (QED) is 0.506. The second-order valence-electron chi connectivity index (χ2n) is 6.31. The molecule has 5 nitrogen and oxygen atoms in total. The molecule has 0 radical (unpaired) electrons. The van der Waals surface area contributed by atoms with Crippen molar-refractivity contribution < 1.29 is 19.1 Å². The summed E-state index contributed by atoms with van der Waals surface area (Å²) in [5, 5.41) is 12.9. The number of halogens is 1. The number of hydrogen-bond acceptors (Lipinski definition) is 5. The van der Waals surface area contributed by atoms with Gasteiger partial charge in [0.15, 0.2) is 0 Å². The summed E-state index contributed by atoms with van der Waals surface area (Å²) in [6.07, 6.45) is 0. The van der Waals surface area contributed by atoms with Crippen LogP contribution >= 0.6 is 11.6 Å². The highest BCUT2D eigenvalue weighted by molar-refractivity contribution is 6.31. The van der Waals surface area contributed by atoms with E-state index in [1.807, 2.05) is 30.3 Å². The molecular formula is C23H15ClNO4-. The number of carboxylic acids is 1. The number of carbonyl (C=O) groups is 1. The Labute approximate surface area is 171 Å². The van der Waals surface area contributed by atoms with E-state index in [0.29, 0.717) is 27.4 Å². The van der Waals surface area contributed by atoms with Gasteiger partial charge in [0.25, 0.3) is 0 Å². The molecule has 1 heterocycles. The molecular weight excluding hydrogens is 390 g/mol. The van der Waals surface area contributed by atoms with E-state index in [-0.39, 0.29) is 5.56 Å². The van der Waals surface area contributed by atoms with Crippen LogP contribution in [-0.2, 0) is 0 Å². The second-order valence-corrected chi connectivity index (χ2v) is 6.75. The van der Waals surface area contributed by atoms with Gasteiger partial charge >= 0.3 is 0 Å². The van der Waals surface area contributed by atoms with Crippen molar-refractivity contribution >= 4 is 34.2 Å².